The first-order chi connectivity index (χ1) is 12.1. The topological polar surface area (TPSA) is 64.1 Å². The fourth-order valence-corrected chi connectivity index (χ4v) is 3.34. The van der Waals surface area contributed by atoms with Crippen LogP contribution in [0.15, 0.2) is 48.2 Å². The van der Waals surface area contributed by atoms with E-state index >= 15 is 0 Å². The first-order valence-electron chi connectivity index (χ1n) is 7.89. The summed E-state index contributed by atoms with van der Waals surface area (Å²) in [5.41, 5.74) is 5.23. The van der Waals surface area contributed by atoms with Gasteiger partial charge in [0.15, 0.2) is 0 Å². The molecule has 0 spiro atoms. The summed E-state index contributed by atoms with van der Waals surface area (Å²) in [6.07, 6.45) is 3.39. The minimum Gasteiger partial charge on any atom is -0.494 e. The first-order valence-corrected chi connectivity index (χ1v) is 8.77. The second-order valence-electron chi connectivity index (χ2n) is 5.64. The van der Waals surface area contributed by atoms with Crippen molar-refractivity contribution in [2.45, 2.75) is 19.9 Å². The van der Waals surface area contributed by atoms with Crippen LogP contribution in [-0.4, -0.2) is 23.0 Å². The minimum atomic E-state index is -0.126. The summed E-state index contributed by atoms with van der Waals surface area (Å²) in [4.78, 5) is 22.0. The zero-order chi connectivity index (χ0) is 17.8. The van der Waals surface area contributed by atoms with Crippen molar-refractivity contribution in [1.82, 2.24) is 15.3 Å². The van der Waals surface area contributed by atoms with Crippen LogP contribution in [0.25, 0.3) is 11.1 Å². The van der Waals surface area contributed by atoms with E-state index in [9.17, 15) is 4.79 Å². The lowest BCUT2D eigenvalue weighted by Crippen LogP contribution is -2.27. The van der Waals surface area contributed by atoms with Gasteiger partial charge in [0.1, 0.15) is 5.75 Å². The number of benzene rings is 1. The maximum absolute atomic E-state index is 12.5. The van der Waals surface area contributed by atoms with E-state index in [4.69, 9.17) is 4.74 Å². The van der Waals surface area contributed by atoms with Crippen LogP contribution in [-0.2, 0) is 0 Å². The molecule has 1 amide bonds. The van der Waals surface area contributed by atoms with Crippen LogP contribution in [0, 0.1) is 6.92 Å². The number of rotatable bonds is 5. The van der Waals surface area contributed by atoms with Crippen LogP contribution < -0.4 is 10.1 Å². The Balaban J connectivity index is 1.76. The van der Waals surface area contributed by atoms with E-state index in [1.165, 1.54) is 0 Å². The molecule has 0 fully saturated rings. The van der Waals surface area contributed by atoms with Crippen molar-refractivity contribution in [3.63, 3.8) is 0 Å². The monoisotopic (exact) mass is 353 g/mol. The molecule has 2 heterocycles. The van der Waals surface area contributed by atoms with Gasteiger partial charge in [-0.25, -0.2) is 4.98 Å². The highest BCUT2D eigenvalue weighted by atomic mass is 32.1. The van der Waals surface area contributed by atoms with E-state index in [-0.39, 0.29) is 11.9 Å². The van der Waals surface area contributed by atoms with Crippen molar-refractivity contribution in [3.05, 3.63) is 64.4 Å². The van der Waals surface area contributed by atoms with Crippen LogP contribution in [0.1, 0.15) is 33.9 Å². The maximum atomic E-state index is 12.5. The summed E-state index contributed by atoms with van der Waals surface area (Å²) in [5.74, 6) is 0.584. The van der Waals surface area contributed by atoms with Crippen LogP contribution in [0.5, 0.6) is 5.75 Å². The quantitative estimate of drug-likeness (QED) is 0.753. The molecule has 1 N–H and O–H groups in total. The number of nitrogens with one attached hydrogen (secondary N) is 1. The number of ether oxygens (including phenoxy) is 1. The fraction of sp³-hybridized carbons (Fsp3) is 0.211. The van der Waals surface area contributed by atoms with Gasteiger partial charge in [-0.05, 0) is 37.6 Å². The lowest BCUT2D eigenvalue weighted by Gasteiger charge is -2.13. The maximum Gasteiger partial charge on any atom is 0.251 e. The van der Waals surface area contributed by atoms with Gasteiger partial charge in [-0.15, -0.1) is 11.3 Å². The Morgan fingerprint density at radius 2 is 2.00 bits per heavy atom. The van der Waals surface area contributed by atoms with Gasteiger partial charge in [-0.3, -0.25) is 9.78 Å². The molecule has 0 aliphatic rings. The van der Waals surface area contributed by atoms with Gasteiger partial charge in [0.05, 0.1) is 30.6 Å². The van der Waals surface area contributed by atoms with E-state index in [1.807, 2.05) is 44.2 Å². The molecule has 0 aliphatic carbocycles. The highest BCUT2D eigenvalue weighted by Gasteiger charge is 2.15. The molecule has 0 aliphatic heterocycles. The third-order valence-electron chi connectivity index (χ3n) is 4.00. The Hall–Kier alpha value is -2.73. The van der Waals surface area contributed by atoms with Gasteiger partial charge < -0.3 is 10.1 Å². The lowest BCUT2D eigenvalue weighted by atomic mass is 10.0. The molecule has 3 rings (SSSR count). The fourth-order valence-electron chi connectivity index (χ4n) is 2.66. The normalized spacial score (nSPS) is 11.8. The average Bonchev–Trinajstić information content (AvgIpc) is 3.08. The Morgan fingerprint density at radius 1 is 1.24 bits per heavy atom. The molecule has 5 nitrogen and oxygen atoms in total. The predicted octanol–water partition coefficient (Wildman–Crippen LogP) is 4.01. The van der Waals surface area contributed by atoms with E-state index in [1.54, 1.807) is 36.4 Å². The molecule has 0 radical (unpaired) electrons. The number of pyridine rings is 1. The standard InChI is InChI=1S/C19H19N3O2S/c1-12(18-13(2)25-11-21-18)22-19(23)15-6-4-14(5-7-15)16-8-9-20-10-17(16)24-3/h4-12H,1-3H3,(H,22,23). The number of aryl methyl sites for hydroxylation is 1. The molecule has 1 atom stereocenters. The molecule has 0 bridgehead atoms. The van der Waals surface area contributed by atoms with Gasteiger partial charge in [-0.1, -0.05) is 12.1 Å². The third kappa shape index (κ3) is 3.69. The molecule has 25 heavy (non-hydrogen) atoms. The van der Waals surface area contributed by atoms with Gasteiger partial charge in [0.25, 0.3) is 5.91 Å². The molecule has 1 unspecified atom stereocenters. The third-order valence-corrected chi connectivity index (χ3v) is 4.78. The number of hydrogen-bond donors (Lipinski definition) is 1. The van der Waals surface area contributed by atoms with Gasteiger partial charge >= 0.3 is 0 Å². The number of nitrogens with zero attached hydrogens (tertiary/aromatic N) is 2. The number of carbonyl (C=O) groups is 1. The number of thiazole rings is 1. The van der Waals surface area contributed by atoms with Crippen molar-refractivity contribution in [2.24, 2.45) is 0 Å². The summed E-state index contributed by atoms with van der Waals surface area (Å²) in [7, 11) is 1.62. The zero-order valence-electron chi connectivity index (χ0n) is 14.3. The largest absolute Gasteiger partial charge is 0.494 e. The van der Waals surface area contributed by atoms with E-state index in [2.05, 4.69) is 15.3 Å². The second-order valence-corrected chi connectivity index (χ2v) is 6.70. The first kappa shape index (κ1) is 17.1. The van der Waals surface area contributed by atoms with Crippen molar-refractivity contribution in [3.8, 4) is 16.9 Å². The van der Waals surface area contributed by atoms with Gasteiger partial charge in [0.2, 0.25) is 0 Å². The minimum absolute atomic E-state index is 0.117. The number of carbonyl (C=O) groups excluding carboxylic acids is 1. The van der Waals surface area contributed by atoms with Crippen molar-refractivity contribution in [2.75, 3.05) is 7.11 Å². The lowest BCUT2D eigenvalue weighted by molar-refractivity contribution is 0.0939. The van der Waals surface area contributed by atoms with Crippen LogP contribution >= 0.6 is 11.3 Å². The van der Waals surface area contributed by atoms with E-state index in [0.29, 0.717) is 11.3 Å². The molecule has 128 valence electrons. The Labute approximate surface area is 150 Å². The second kappa shape index (κ2) is 7.44. The van der Waals surface area contributed by atoms with Crippen molar-refractivity contribution in [1.29, 1.82) is 0 Å². The number of aromatic nitrogens is 2. The Morgan fingerprint density at radius 3 is 2.64 bits per heavy atom. The molecule has 3 aromatic rings. The van der Waals surface area contributed by atoms with Gasteiger partial charge in [-0.2, -0.15) is 0 Å². The molecule has 2 aromatic heterocycles. The molecular weight excluding hydrogens is 334 g/mol. The highest BCUT2D eigenvalue weighted by Crippen LogP contribution is 2.28. The summed E-state index contributed by atoms with van der Waals surface area (Å²) in [6.45, 7) is 3.95. The molecule has 1 aromatic carbocycles. The molecule has 0 saturated carbocycles. The Kier molecular flexibility index (Phi) is 5.09. The highest BCUT2D eigenvalue weighted by molar-refractivity contribution is 7.09. The predicted molar refractivity (Wildman–Crippen MR) is 99.0 cm³/mol. The number of methoxy groups -OCH3 is 1. The summed E-state index contributed by atoms with van der Waals surface area (Å²) in [6, 6.07) is 9.20. The average molecular weight is 353 g/mol. The van der Waals surface area contributed by atoms with E-state index < -0.39 is 0 Å². The van der Waals surface area contributed by atoms with Crippen LogP contribution in [0.2, 0.25) is 0 Å². The summed E-state index contributed by atoms with van der Waals surface area (Å²) < 4.78 is 5.33. The van der Waals surface area contributed by atoms with E-state index in [0.717, 1.165) is 21.7 Å². The summed E-state index contributed by atoms with van der Waals surface area (Å²) in [5, 5.41) is 2.99. The van der Waals surface area contributed by atoms with Crippen molar-refractivity contribution >= 4 is 17.2 Å². The smallest absolute Gasteiger partial charge is 0.251 e. The number of amides is 1. The van der Waals surface area contributed by atoms with Crippen molar-refractivity contribution < 1.29 is 9.53 Å². The zero-order valence-corrected chi connectivity index (χ0v) is 15.1. The number of hydrogen-bond acceptors (Lipinski definition) is 5. The van der Waals surface area contributed by atoms with Crippen LogP contribution in [0.4, 0.5) is 0 Å². The van der Waals surface area contributed by atoms with Gasteiger partial charge in [0, 0.05) is 22.2 Å². The summed E-state index contributed by atoms with van der Waals surface area (Å²) >= 11 is 1.58. The SMILES string of the molecule is COc1cnccc1-c1ccc(C(=O)NC(C)c2ncsc2C)cc1. The Bertz CT molecular complexity index is 874. The van der Waals surface area contributed by atoms with Crippen LogP contribution in [0.3, 0.4) is 0 Å². The molecular formula is C19H19N3O2S. The molecule has 0 saturated heterocycles. The molecule has 6 heteroatoms.